The molecule has 5 rings (SSSR count). The van der Waals surface area contributed by atoms with E-state index in [2.05, 4.69) is 63.8 Å². The van der Waals surface area contributed by atoms with Gasteiger partial charge in [0.1, 0.15) is 0 Å². The molecule has 0 atom stereocenters. The molecule has 136 valence electrons. The summed E-state index contributed by atoms with van der Waals surface area (Å²) >= 11 is 0. The zero-order chi connectivity index (χ0) is 18.1. The van der Waals surface area contributed by atoms with Crippen molar-refractivity contribution in [1.29, 1.82) is 0 Å². The van der Waals surface area contributed by atoms with Gasteiger partial charge in [0.2, 0.25) is 0 Å². The van der Waals surface area contributed by atoms with Gasteiger partial charge < -0.3 is 4.98 Å². The van der Waals surface area contributed by atoms with Crippen molar-refractivity contribution < 1.29 is 0 Å². The van der Waals surface area contributed by atoms with Crippen LogP contribution in [-0.2, 0) is 6.54 Å². The van der Waals surface area contributed by atoms with Crippen LogP contribution in [0.5, 0.6) is 0 Å². The van der Waals surface area contributed by atoms with Crippen LogP contribution in [-0.4, -0.2) is 32.8 Å². The molecule has 1 aliphatic rings. The number of para-hydroxylation sites is 2. The molecule has 27 heavy (non-hydrogen) atoms. The van der Waals surface area contributed by atoms with Crippen molar-refractivity contribution in [1.82, 2.24) is 19.7 Å². The second-order valence-electron chi connectivity index (χ2n) is 7.47. The molecule has 1 saturated heterocycles. The second-order valence-corrected chi connectivity index (χ2v) is 7.47. The Morgan fingerprint density at radius 1 is 0.963 bits per heavy atom. The Bertz CT molecular complexity index is 1020. The molecule has 1 fully saturated rings. The Kier molecular flexibility index (Phi) is 4.26. The highest BCUT2D eigenvalue weighted by molar-refractivity contribution is 5.83. The van der Waals surface area contributed by atoms with E-state index < -0.39 is 0 Å². The standard InChI is InChI=1S/C23H24N4/c1-2-6-20(7-3-1)27-17-18(14-25-27)16-26-12-10-19(11-13-26)22-15-24-23-9-5-4-8-21(22)23/h1-9,14-15,17,19,24H,10-13,16H2. The second kappa shape index (κ2) is 7.05. The first-order valence-corrected chi connectivity index (χ1v) is 9.74. The lowest BCUT2D eigenvalue weighted by atomic mass is 9.89. The maximum atomic E-state index is 4.53. The topological polar surface area (TPSA) is 36.9 Å². The number of rotatable bonds is 4. The minimum absolute atomic E-state index is 0.657. The molecular formula is C23H24N4. The van der Waals surface area contributed by atoms with E-state index in [1.165, 1.54) is 34.9 Å². The van der Waals surface area contributed by atoms with Gasteiger partial charge in [-0.25, -0.2) is 4.68 Å². The largest absolute Gasteiger partial charge is 0.361 e. The average molecular weight is 356 g/mol. The number of benzene rings is 2. The van der Waals surface area contributed by atoms with E-state index >= 15 is 0 Å². The van der Waals surface area contributed by atoms with Crippen LogP contribution in [0, 0.1) is 0 Å². The number of hydrogen-bond donors (Lipinski definition) is 1. The van der Waals surface area contributed by atoms with E-state index in [9.17, 15) is 0 Å². The number of piperidine rings is 1. The highest BCUT2D eigenvalue weighted by Gasteiger charge is 2.23. The van der Waals surface area contributed by atoms with Crippen LogP contribution < -0.4 is 0 Å². The van der Waals surface area contributed by atoms with Gasteiger partial charge in [-0.15, -0.1) is 0 Å². The van der Waals surface area contributed by atoms with Crippen LogP contribution in [0.2, 0.25) is 0 Å². The van der Waals surface area contributed by atoms with Gasteiger partial charge in [0.05, 0.1) is 11.9 Å². The van der Waals surface area contributed by atoms with E-state index in [0.717, 1.165) is 25.3 Å². The van der Waals surface area contributed by atoms with Crippen LogP contribution in [0.4, 0.5) is 0 Å². The highest BCUT2D eigenvalue weighted by atomic mass is 15.3. The first kappa shape index (κ1) is 16.3. The van der Waals surface area contributed by atoms with Gasteiger partial charge >= 0.3 is 0 Å². The molecular weight excluding hydrogens is 332 g/mol. The zero-order valence-electron chi connectivity index (χ0n) is 15.4. The predicted molar refractivity (Wildman–Crippen MR) is 109 cm³/mol. The van der Waals surface area contributed by atoms with Crippen molar-refractivity contribution in [2.45, 2.75) is 25.3 Å². The predicted octanol–water partition coefficient (Wildman–Crippen LogP) is 4.73. The van der Waals surface area contributed by atoms with Gasteiger partial charge in [0.15, 0.2) is 0 Å². The number of aromatic amines is 1. The number of likely N-dealkylation sites (tertiary alicyclic amines) is 1. The summed E-state index contributed by atoms with van der Waals surface area (Å²) in [6.07, 6.45) is 8.80. The molecule has 4 heteroatoms. The number of fused-ring (bicyclic) bond motifs is 1. The molecule has 3 heterocycles. The Balaban J connectivity index is 1.23. The molecule has 0 amide bonds. The number of hydrogen-bond acceptors (Lipinski definition) is 2. The quantitative estimate of drug-likeness (QED) is 0.574. The molecule has 0 unspecified atom stereocenters. The summed E-state index contributed by atoms with van der Waals surface area (Å²) in [5.41, 5.74) is 5.14. The molecule has 0 saturated carbocycles. The lowest BCUT2D eigenvalue weighted by Gasteiger charge is -2.31. The maximum Gasteiger partial charge on any atom is 0.0645 e. The van der Waals surface area contributed by atoms with Crippen molar-refractivity contribution in [3.05, 3.63) is 84.3 Å². The monoisotopic (exact) mass is 356 g/mol. The molecule has 1 N–H and O–H groups in total. The lowest BCUT2D eigenvalue weighted by Crippen LogP contribution is -2.32. The molecule has 0 aliphatic carbocycles. The molecule has 0 spiro atoms. The van der Waals surface area contributed by atoms with E-state index in [-0.39, 0.29) is 0 Å². The van der Waals surface area contributed by atoms with Gasteiger partial charge in [-0.3, -0.25) is 4.90 Å². The molecule has 2 aromatic carbocycles. The summed E-state index contributed by atoms with van der Waals surface area (Å²) in [5, 5.41) is 5.92. The lowest BCUT2D eigenvalue weighted by molar-refractivity contribution is 0.205. The van der Waals surface area contributed by atoms with Crippen LogP contribution in [0.3, 0.4) is 0 Å². The van der Waals surface area contributed by atoms with E-state index in [1.54, 1.807) is 0 Å². The Morgan fingerprint density at radius 2 is 1.74 bits per heavy atom. The summed E-state index contributed by atoms with van der Waals surface area (Å²) in [6, 6.07) is 18.9. The van der Waals surface area contributed by atoms with Gasteiger partial charge in [-0.1, -0.05) is 36.4 Å². The van der Waals surface area contributed by atoms with Crippen molar-refractivity contribution in [2.75, 3.05) is 13.1 Å². The van der Waals surface area contributed by atoms with Crippen LogP contribution in [0.25, 0.3) is 16.6 Å². The van der Waals surface area contributed by atoms with Crippen LogP contribution >= 0.6 is 0 Å². The van der Waals surface area contributed by atoms with Crippen LogP contribution in [0.15, 0.2) is 73.2 Å². The van der Waals surface area contributed by atoms with Gasteiger partial charge in [-0.2, -0.15) is 5.10 Å². The minimum Gasteiger partial charge on any atom is -0.361 e. The molecule has 0 bridgehead atoms. The molecule has 4 aromatic rings. The Morgan fingerprint density at radius 3 is 2.59 bits per heavy atom. The van der Waals surface area contributed by atoms with Crippen molar-refractivity contribution in [3.8, 4) is 5.69 Å². The molecule has 4 nitrogen and oxygen atoms in total. The number of H-pyrrole nitrogens is 1. The molecule has 1 aliphatic heterocycles. The number of nitrogens with zero attached hydrogens (tertiary/aromatic N) is 3. The minimum atomic E-state index is 0.657. The Labute approximate surface area is 159 Å². The van der Waals surface area contributed by atoms with Crippen molar-refractivity contribution in [2.24, 2.45) is 0 Å². The fourth-order valence-electron chi connectivity index (χ4n) is 4.26. The summed E-state index contributed by atoms with van der Waals surface area (Å²) in [7, 11) is 0. The van der Waals surface area contributed by atoms with Crippen molar-refractivity contribution >= 4 is 10.9 Å². The third kappa shape index (κ3) is 3.28. The molecule has 0 radical (unpaired) electrons. The summed E-state index contributed by atoms with van der Waals surface area (Å²) in [5.74, 6) is 0.657. The molecule has 2 aromatic heterocycles. The zero-order valence-corrected chi connectivity index (χ0v) is 15.4. The fourth-order valence-corrected chi connectivity index (χ4v) is 4.26. The fraction of sp³-hybridized carbons (Fsp3) is 0.261. The number of nitrogens with one attached hydrogen (secondary N) is 1. The normalized spacial score (nSPS) is 16.1. The van der Waals surface area contributed by atoms with E-state index in [4.69, 9.17) is 0 Å². The summed E-state index contributed by atoms with van der Waals surface area (Å²) < 4.78 is 1.97. The third-order valence-corrected chi connectivity index (χ3v) is 5.71. The first-order chi connectivity index (χ1) is 13.4. The maximum absolute atomic E-state index is 4.53. The van der Waals surface area contributed by atoms with Gasteiger partial charge in [0, 0.05) is 35.4 Å². The van der Waals surface area contributed by atoms with Crippen molar-refractivity contribution in [3.63, 3.8) is 0 Å². The number of aromatic nitrogens is 3. The SMILES string of the molecule is c1ccc(-n2cc(CN3CCC(c4c[nH]c5ccccc45)CC3)cn2)cc1. The van der Waals surface area contributed by atoms with E-state index in [1.807, 2.05) is 29.1 Å². The Hall–Kier alpha value is -2.85. The van der Waals surface area contributed by atoms with Gasteiger partial charge in [-0.05, 0) is 55.6 Å². The van der Waals surface area contributed by atoms with Crippen LogP contribution in [0.1, 0.15) is 29.9 Å². The smallest absolute Gasteiger partial charge is 0.0645 e. The summed E-state index contributed by atoms with van der Waals surface area (Å²) in [6.45, 7) is 3.26. The third-order valence-electron chi connectivity index (χ3n) is 5.71. The highest BCUT2D eigenvalue weighted by Crippen LogP contribution is 2.33. The summed E-state index contributed by atoms with van der Waals surface area (Å²) in [4.78, 5) is 5.98. The van der Waals surface area contributed by atoms with E-state index in [0.29, 0.717) is 5.92 Å². The average Bonchev–Trinajstić information content (AvgIpc) is 3.37. The first-order valence-electron chi connectivity index (χ1n) is 9.74. The van der Waals surface area contributed by atoms with Gasteiger partial charge in [0.25, 0.3) is 0 Å².